The average Bonchev–Trinajstić information content (AvgIpc) is 2.02. The van der Waals surface area contributed by atoms with E-state index in [1.807, 2.05) is 18.2 Å². The summed E-state index contributed by atoms with van der Waals surface area (Å²) in [5.74, 6) is 0.215. The number of halogens is 1. The second-order valence-corrected chi connectivity index (χ2v) is 4.04. The number of rotatable bonds is 0. The van der Waals surface area contributed by atoms with Crippen molar-refractivity contribution in [3.8, 4) is 5.75 Å². The second kappa shape index (κ2) is 3.06. The van der Waals surface area contributed by atoms with Gasteiger partial charge in [-0.3, -0.25) is 0 Å². The molecule has 0 aliphatic carbocycles. The summed E-state index contributed by atoms with van der Waals surface area (Å²) in [4.78, 5) is 0. The van der Waals surface area contributed by atoms with Gasteiger partial charge in [0.1, 0.15) is 5.75 Å². The summed E-state index contributed by atoms with van der Waals surface area (Å²) < 4.78 is 1.10. The predicted molar refractivity (Wildman–Crippen MR) is 62.7 cm³/mol. The first-order chi connectivity index (χ1) is 6.18. The van der Waals surface area contributed by atoms with Crippen molar-refractivity contribution in [3.05, 3.63) is 33.9 Å². The summed E-state index contributed by atoms with van der Waals surface area (Å²) >= 11 is 2.23. The third-order valence-electron chi connectivity index (χ3n) is 1.94. The lowest BCUT2D eigenvalue weighted by Crippen LogP contribution is -1.88. The monoisotopic (exact) mass is 285 g/mol. The van der Waals surface area contributed by atoms with Crippen LogP contribution >= 0.6 is 22.6 Å². The van der Waals surface area contributed by atoms with E-state index in [0.717, 1.165) is 14.3 Å². The van der Waals surface area contributed by atoms with E-state index in [9.17, 15) is 5.11 Å². The Balaban J connectivity index is 2.94. The summed E-state index contributed by atoms with van der Waals surface area (Å²) in [6.07, 6.45) is 0. The molecule has 13 heavy (non-hydrogen) atoms. The first kappa shape index (κ1) is 8.62. The van der Waals surface area contributed by atoms with Gasteiger partial charge in [-0.15, -0.1) is 0 Å². The van der Waals surface area contributed by atoms with E-state index < -0.39 is 0 Å². The molecule has 0 bridgehead atoms. The molecule has 2 aromatic carbocycles. The van der Waals surface area contributed by atoms with Crippen LogP contribution in [0.5, 0.6) is 5.75 Å². The third kappa shape index (κ3) is 1.44. The quantitative estimate of drug-likeness (QED) is 0.577. The Morgan fingerprint density at radius 2 is 2.00 bits per heavy atom. The van der Waals surface area contributed by atoms with Crippen LogP contribution in [-0.2, 0) is 0 Å². The second-order valence-electron chi connectivity index (χ2n) is 2.87. The summed E-state index contributed by atoms with van der Waals surface area (Å²) in [5.41, 5.74) is 6.42. The Labute approximate surface area is 89.5 Å². The fourth-order valence-corrected chi connectivity index (χ4v) is 2.23. The number of nitrogens with two attached hydrogens (primary N) is 1. The van der Waals surface area contributed by atoms with E-state index in [2.05, 4.69) is 22.6 Å². The number of aromatic hydroxyl groups is 1. The minimum atomic E-state index is 0.215. The highest BCUT2D eigenvalue weighted by atomic mass is 127. The molecule has 0 aliphatic rings. The van der Waals surface area contributed by atoms with Gasteiger partial charge in [0, 0.05) is 20.7 Å². The van der Waals surface area contributed by atoms with Gasteiger partial charge in [0.15, 0.2) is 0 Å². The van der Waals surface area contributed by atoms with E-state index in [-0.39, 0.29) is 5.75 Å². The number of nitrogen functional groups attached to an aromatic ring is 1. The van der Waals surface area contributed by atoms with E-state index in [1.165, 1.54) is 0 Å². The summed E-state index contributed by atoms with van der Waals surface area (Å²) in [7, 11) is 0. The van der Waals surface area contributed by atoms with Crippen LogP contribution in [-0.4, -0.2) is 5.11 Å². The van der Waals surface area contributed by atoms with Crippen molar-refractivity contribution in [1.82, 2.24) is 0 Å². The van der Waals surface area contributed by atoms with Crippen molar-refractivity contribution in [2.45, 2.75) is 0 Å². The number of phenols is 1. The molecule has 0 heterocycles. The highest BCUT2D eigenvalue weighted by Gasteiger charge is 2.03. The standard InChI is InChI=1S/C10H8INO/c11-8-3-1-2-6-4-7(13)5-9(12)10(6)8/h1-5,13H,12H2. The van der Waals surface area contributed by atoms with E-state index in [4.69, 9.17) is 5.73 Å². The molecule has 2 aromatic rings. The van der Waals surface area contributed by atoms with Crippen LogP contribution in [0.15, 0.2) is 30.3 Å². The average molecular weight is 285 g/mol. The number of anilines is 1. The molecule has 3 heteroatoms. The number of phenolic OH excluding ortho intramolecular Hbond substituents is 1. The van der Waals surface area contributed by atoms with Crippen molar-refractivity contribution < 1.29 is 5.11 Å². The van der Waals surface area contributed by atoms with Gasteiger partial charge in [-0.1, -0.05) is 12.1 Å². The van der Waals surface area contributed by atoms with Gasteiger partial charge in [0.2, 0.25) is 0 Å². The molecule has 3 N–H and O–H groups in total. The highest BCUT2D eigenvalue weighted by Crippen LogP contribution is 2.29. The van der Waals surface area contributed by atoms with Crippen LogP contribution in [0.25, 0.3) is 10.8 Å². The van der Waals surface area contributed by atoms with Gasteiger partial charge in [0.25, 0.3) is 0 Å². The van der Waals surface area contributed by atoms with Crippen LogP contribution in [0.1, 0.15) is 0 Å². The van der Waals surface area contributed by atoms with E-state index >= 15 is 0 Å². The number of hydrogen-bond acceptors (Lipinski definition) is 2. The van der Waals surface area contributed by atoms with E-state index in [1.54, 1.807) is 12.1 Å². The molecule has 0 fully saturated rings. The molecule has 0 amide bonds. The van der Waals surface area contributed by atoms with Crippen LogP contribution in [0.3, 0.4) is 0 Å². The molecule has 66 valence electrons. The van der Waals surface area contributed by atoms with Crippen LogP contribution in [0.4, 0.5) is 5.69 Å². The first-order valence-corrected chi connectivity index (χ1v) is 4.93. The maximum absolute atomic E-state index is 9.32. The van der Waals surface area contributed by atoms with Crippen LogP contribution in [0, 0.1) is 3.57 Å². The van der Waals surface area contributed by atoms with Crippen molar-refractivity contribution >= 4 is 39.1 Å². The largest absolute Gasteiger partial charge is 0.508 e. The zero-order chi connectivity index (χ0) is 9.42. The molecule has 2 rings (SSSR count). The molecule has 2 nitrogen and oxygen atoms in total. The predicted octanol–water partition coefficient (Wildman–Crippen LogP) is 2.73. The lowest BCUT2D eigenvalue weighted by Gasteiger charge is -2.04. The molecule has 0 saturated heterocycles. The lowest BCUT2D eigenvalue weighted by atomic mass is 10.1. The lowest BCUT2D eigenvalue weighted by molar-refractivity contribution is 0.476. The zero-order valence-corrected chi connectivity index (χ0v) is 8.95. The van der Waals surface area contributed by atoms with Crippen molar-refractivity contribution in [1.29, 1.82) is 0 Å². The van der Waals surface area contributed by atoms with Gasteiger partial charge in [0.05, 0.1) is 0 Å². The van der Waals surface area contributed by atoms with Gasteiger partial charge in [-0.2, -0.15) is 0 Å². The number of benzene rings is 2. The molecule has 0 saturated carbocycles. The molecule has 0 aliphatic heterocycles. The molecule has 0 radical (unpaired) electrons. The molecule has 0 atom stereocenters. The van der Waals surface area contributed by atoms with Gasteiger partial charge < -0.3 is 10.8 Å². The number of fused-ring (bicyclic) bond motifs is 1. The minimum Gasteiger partial charge on any atom is -0.508 e. The smallest absolute Gasteiger partial charge is 0.118 e. The fraction of sp³-hybridized carbons (Fsp3) is 0. The zero-order valence-electron chi connectivity index (χ0n) is 6.79. The Kier molecular flexibility index (Phi) is 2.03. The summed E-state index contributed by atoms with van der Waals surface area (Å²) in [5, 5.41) is 11.3. The van der Waals surface area contributed by atoms with Crippen molar-refractivity contribution in [3.63, 3.8) is 0 Å². The van der Waals surface area contributed by atoms with Gasteiger partial charge in [-0.25, -0.2) is 0 Å². The van der Waals surface area contributed by atoms with Crippen LogP contribution < -0.4 is 5.73 Å². The fourth-order valence-electron chi connectivity index (χ4n) is 1.40. The van der Waals surface area contributed by atoms with Crippen LogP contribution in [0.2, 0.25) is 0 Å². The maximum Gasteiger partial charge on any atom is 0.118 e. The Hall–Kier alpha value is -0.970. The van der Waals surface area contributed by atoms with Gasteiger partial charge >= 0.3 is 0 Å². The molecule has 0 spiro atoms. The Bertz CT molecular complexity index is 468. The third-order valence-corrected chi connectivity index (χ3v) is 2.84. The topological polar surface area (TPSA) is 46.2 Å². The summed E-state index contributed by atoms with van der Waals surface area (Å²) in [6, 6.07) is 9.17. The molecule has 0 unspecified atom stereocenters. The highest BCUT2D eigenvalue weighted by molar-refractivity contribution is 14.1. The first-order valence-electron chi connectivity index (χ1n) is 3.85. The SMILES string of the molecule is Nc1cc(O)cc2cccc(I)c12. The molecular weight excluding hydrogens is 277 g/mol. The molecule has 0 aromatic heterocycles. The Morgan fingerprint density at radius 1 is 1.23 bits per heavy atom. The molecular formula is C10H8INO. The van der Waals surface area contributed by atoms with Crippen molar-refractivity contribution in [2.75, 3.05) is 5.73 Å². The normalized spacial score (nSPS) is 10.5. The van der Waals surface area contributed by atoms with Crippen molar-refractivity contribution in [2.24, 2.45) is 0 Å². The van der Waals surface area contributed by atoms with E-state index in [0.29, 0.717) is 5.69 Å². The number of hydrogen-bond donors (Lipinski definition) is 2. The summed E-state index contributed by atoms with van der Waals surface area (Å²) in [6.45, 7) is 0. The minimum absolute atomic E-state index is 0.215. The Morgan fingerprint density at radius 3 is 2.77 bits per heavy atom. The van der Waals surface area contributed by atoms with Gasteiger partial charge in [-0.05, 0) is 40.1 Å². The maximum atomic E-state index is 9.32.